The number of rotatable bonds is 5. The topological polar surface area (TPSA) is 91.6 Å². The van der Waals surface area contributed by atoms with Gasteiger partial charge < -0.3 is 19.9 Å². The van der Waals surface area contributed by atoms with Crippen molar-refractivity contribution in [1.29, 1.82) is 5.26 Å². The second-order valence-corrected chi connectivity index (χ2v) is 4.95. The van der Waals surface area contributed by atoms with Gasteiger partial charge in [-0.05, 0) is 36.6 Å². The van der Waals surface area contributed by atoms with Crippen molar-refractivity contribution in [1.82, 2.24) is 5.32 Å². The van der Waals surface area contributed by atoms with Crippen LogP contribution in [0.15, 0.2) is 23.8 Å². The maximum Gasteiger partial charge on any atom is 0.262 e. The smallest absolute Gasteiger partial charge is 0.262 e. The highest BCUT2D eigenvalue weighted by atomic mass is 16.5. The Labute approximate surface area is 129 Å². The Morgan fingerprint density at radius 1 is 1.64 bits per heavy atom. The quantitative estimate of drug-likeness (QED) is 0.637. The number of amides is 1. The summed E-state index contributed by atoms with van der Waals surface area (Å²) in [7, 11) is 1.45. The molecule has 1 saturated heterocycles. The van der Waals surface area contributed by atoms with Crippen LogP contribution in [0.4, 0.5) is 0 Å². The fourth-order valence-electron chi connectivity index (χ4n) is 2.22. The van der Waals surface area contributed by atoms with Crippen LogP contribution in [0, 0.1) is 11.3 Å². The normalized spacial score (nSPS) is 17.8. The van der Waals surface area contributed by atoms with E-state index in [0.717, 1.165) is 12.8 Å². The van der Waals surface area contributed by atoms with Gasteiger partial charge in [-0.3, -0.25) is 4.79 Å². The second-order valence-electron chi connectivity index (χ2n) is 4.95. The lowest BCUT2D eigenvalue weighted by Crippen LogP contribution is -2.32. The van der Waals surface area contributed by atoms with E-state index in [2.05, 4.69) is 5.32 Å². The Morgan fingerprint density at radius 2 is 2.45 bits per heavy atom. The molecule has 6 nitrogen and oxygen atoms in total. The molecule has 1 amide bonds. The number of phenols is 1. The average Bonchev–Trinajstić information content (AvgIpc) is 3.04. The molecule has 1 atom stereocenters. The first-order chi connectivity index (χ1) is 10.6. The fourth-order valence-corrected chi connectivity index (χ4v) is 2.22. The number of hydrogen-bond donors (Lipinski definition) is 2. The Balaban J connectivity index is 2.04. The van der Waals surface area contributed by atoms with Gasteiger partial charge in [0.25, 0.3) is 5.91 Å². The molecule has 1 unspecified atom stereocenters. The fraction of sp³-hybridized carbons (Fsp3) is 0.375. The summed E-state index contributed by atoms with van der Waals surface area (Å²) in [5, 5.41) is 21.5. The lowest BCUT2D eigenvalue weighted by molar-refractivity contribution is -0.117. The number of nitrogens with one attached hydrogen (secondary N) is 1. The van der Waals surface area contributed by atoms with E-state index < -0.39 is 5.91 Å². The number of nitrogens with zero attached hydrogens (tertiary/aromatic N) is 1. The van der Waals surface area contributed by atoms with Crippen LogP contribution in [0.3, 0.4) is 0 Å². The molecule has 22 heavy (non-hydrogen) atoms. The number of benzene rings is 1. The van der Waals surface area contributed by atoms with E-state index in [-0.39, 0.29) is 17.4 Å². The minimum absolute atomic E-state index is 0.0222. The van der Waals surface area contributed by atoms with Gasteiger partial charge in [-0.15, -0.1) is 0 Å². The van der Waals surface area contributed by atoms with E-state index >= 15 is 0 Å². The van der Waals surface area contributed by atoms with Crippen LogP contribution in [-0.4, -0.2) is 37.4 Å². The van der Waals surface area contributed by atoms with Gasteiger partial charge in [0.1, 0.15) is 11.6 Å². The van der Waals surface area contributed by atoms with E-state index in [0.29, 0.717) is 24.5 Å². The average molecular weight is 302 g/mol. The second kappa shape index (κ2) is 7.48. The highest BCUT2D eigenvalue weighted by Crippen LogP contribution is 2.27. The van der Waals surface area contributed by atoms with E-state index in [4.69, 9.17) is 14.7 Å². The first-order valence-corrected chi connectivity index (χ1v) is 7.02. The van der Waals surface area contributed by atoms with Crippen molar-refractivity contribution in [3.63, 3.8) is 0 Å². The lowest BCUT2D eigenvalue weighted by atomic mass is 10.1. The summed E-state index contributed by atoms with van der Waals surface area (Å²) < 4.78 is 10.4. The largest absolute Gasteiger partial charge is 0.504 e. The lowest BCUT2D eigenvalue weighted by Gasteiger charge is -2.10. The molecule has 1 aliphatic heterocycles. The Hall–Kier alpha value is -2.52. The number of carbonyl (C=O) groups is 1. The molecule has 0 radical (unpaired) electrons. The minimum Gasteiger partial charge on any atom is -0.504 e. The highest BCUT2D eigenvalue weighted by Gasteiger charge is 2.17. The molecule has 1 aliphatic rings. The number of aromatic hydroxyl groups is 1. The number of methoxy groups -OCH3 is 1. The zero-order valence-corrected chi connectivity index (χ0v) is 12.3. The van der Waals surface area contributed by atoms with Gasteiger partial charge in [-0.25, -0.2) is 0 Å². The van der Waals surface area contributed by atoms with E-state index in [1.165, 1.54) is 19.3 Å². The summed E-state index contributed by atoms with van der Waals surface area (Å²) in [4.78, 5) is 12.0. The van der Waals surface area contributed by atoms with Crippen molar-refractivity contribution in [3.8, 4) is 17.6 Å². The van der Waals surface area contributed by atoms with Gasteiger partial charge in [0.15, 0.2) is 11.5 Å². The van der Waals surface area contributed by atoms with Gasteiger partial charge in [0, 0.05) is 13.2 Å². The molecular weight excluding hydrogens is 284 g/mol. The SMILES string of the molecule is COc1ccc(/C=C(/C#N)C(=O)NCC2CCCO2)cc1O. The zero-order chi connectivity index (χ0) is 15.9. The maximum absolute atomic E-state index is 12.0. The molecule has 2 rings (SSSR count). The van der Waals surface area contributed by atoms with Crippen LogP contribution in [0.25, 0.3) is 6.08 Å². The number of hydrogen-bond acceptors (Lipinski definition) is 5. The van der Waals surface area contributed by atoms with Crippen molar-refractivity contribution in [2.75, 3.05) is 20.3 Å². The molecule has 1 heterocycles. The minimum atomic E-state index is -0.451. The van der Waals surface area contributed by atoms with Crippen LogP contribution in [0.2, 0.25) is 0 Å². The van der Waals surface area contributed by atoms with Gasteiger partial charge in [-0.1, -0.05) is 6.07 Å². The van der Waals surface area contributed by atoms with Gasteiger partial charge in [0.2, 0.25) is 0 Å². The third-order valence-electron chi connectivity index (χ3n) is 3.39. The summed E-state index contributed by atoms with van der Waals surface area (Å²) in [6, 6.07) is 6.53. The molecule has 1 aromatic rings. The predicted molar refractivity (Wildman–Crippen MR) is 80.2 cm³/mol. The molecule has 0 saturated carbocycles. The number of carbonyl (C=O) groups excluding carboxylic acids is 1. The van der Waals surface area contributed by atoms with E-state index in [9.17, 15) is 9.90 Å². The molecule has 2 N–H and O–H groups in total. The molecule has 6 heteroatoms. The van der Waals surface area contributed by atoms with Crippen molar-refractivity contribution in [2.45, 2.75) is 18.9 Å². The summed E-state index contributed by atoms with van der Waals surface area (Å²) in [5.41, 5.74) is 0.518. The van der Waals surface area contributed by atoms with E-state index in [1.807, 2.05) is 6.07 Å². The molecule has 0 spiro atoms. The zero-order valence-electron chi connectivity index (χ0n) is 12.3. The monoisotopic (exact) mass is 302 g/mol. The van der Waals surface area contributed by atoms with Crippen LogP contribution in [0.5, 0.6) is 11.5 Å². The standard InChI is InChI=1S/C16H18N2O4/c1-21-15-5-4-11(8-14(15)19)7-12(9-17)16(20)18-10-13-3-2-6-22-13/h4-5,7-8,13,19H,2-3,6,10H2,1H3,(H,18,20)/b12-7-. The van der Waals surface area contributed by atoms with Crippen molar-refractivity contribution < 1.29 is 19.4 Å². The number of nitriles is 1. The molecule has 0 aromatic heterocycles. The first-order valence-electron chi connectivity index (χ1n) is 7.02. The van der Waals surface area contributed by atoms with Crippen LogP contribution in [-0.2, 0) is 9.53 Å². The van der Waals surface area contributed by atoms with E-state index in [1.54, 1.807) is 12.1 Å². The first kappa shape index (κ1) is 15.9. The summed E-state index contributed by atoms with van der Waals surface area (Å²) >= 11 is 0. The summed E-state index contributed by atoms with van der Waals surface area (Å²) in [6.45, 7) is 1.11. The van der Waals surface area contributed by atoms with Crippen molar-refractivity contribution in [2.24, 2.45) is 0 Å². The Morgan fingerprint density at radius 3 is 3.05 bits per heavy atom. The molecule has 116 valence electrons. The molecule has 1 aromatic carbocycles. The summed E-state index contributed by atoms with van der Waals surface area (Å²) in [6.07, 6.45) is 3.35. The Kier molecular flexibility index (Phi) is 5.39. The van der Waals surface area contributed by atoms with Gasteiger partial charge in [0.05, 0.1) is 13.2 Å². The third-order valence-corrected chi connectivity index (χ3v) is 3.39. The highest BCUT2D eigenvalue weighted by molar-refractivity contribution is 6.01. The number of phenolic OH excluding ortho intramolecular Hbond substituents is 1. The van der Waals surface area contributed by atoms with Crippen LogP contribution < -0.4 is 10.1 Å². The third kappa shape index (κ3) is 3.99. The Bertz CT molecular complexity index is 613. The van der Waals surface area contributed by atoms with Crippen LogP contribution >= 0.6 is 0 Å². The van der Waals surface area contributed by atoms with Crippen molar-refractivity contribution in [3.05, 3.63) is 29.3 Å². The van der Waals surface area contributed by atoms with Crippen LogP contribution in [0.1, 0.15) is 18.4 Å². The maximum atomic E-state index is 12.0. The summed E-state index contributed by atoms with van der Waals surface area (Å²) in [5.74, 6) is -0.167. The molecule has 0 aliphatic carbocycles. The van der Waals surface area contributed by atoms with Gasteiger partial charge >= 0.3 is 0 Å². The van der Waals surface area contributed by atoms with Gasteiger partial charge in [-0.2, -0.15) is 5.26 Å². The predicted octanol–water partition coefficient (Wildman–Crippen LogP) is 1.60. The molecule has 1 fully saturated rings. The molecular formula is C16H18N2O4. The molecule has 0 bridgehead atoms. The number of ether oxygens (including phenoxy) is 2. The van der Waals surface area contributed by atoms with Crippen molar-refractivity contribution >= 4 is 12.0 Å².